The molecule has 1 saturated carbocycles. The number of hydrogen-bond donors (Lipinski definition) is 2. The fraction of sp³-hybridized carbons (Fsp3) is 0.423. The van der Waals surface area contributed by atoms with Crippen LogP contribution in [0.25, 0.3) is 6.08 Å². The Balaban J connectivity index is 1.18. The topological polar surface area (TPSA) is 78.5 Å². The van der Waals surface area contributed by atoms with E-state index in [0.29, 0.717) is 18.0 Å². The number of piperidine rings is 1. The number of likely N-dealkylation sites (tertiary alicyclic amines) is 1. The number of sulfonamides is 1. The Kier molecular flexibility index (Phi) is 7.63. The van der Waals surface area contributed by atoms with Gasteiger partial charge in [-0.3, -0.25) is 9.69 Å². The van der Waals surface area contributed by atoms with Gasteiger partial charge in [0.05, 0.1) is 5.75 Å². The number of hydrogen-bond acceptors (Lipinski definition) is 5. The van der Waals surface area contributed by atoms with Gasteiger partial charge in [0.25, 0.3) is 5.91 Å². The number of nitrogens with zero attached hydrogens (tertiary/aromatic N) is 1. The molecule has 2 fully saturated rings. The molecular formula is C26H33N3O3S. The first-order valence-corrected chi connectivity index (χ1v) is 13.4. The van der Waals surface area contributed by atoms with Gasteiger partial charge in [-0.15, -0.1) is 0 Å². The van der Waals surface area contributed by atoms with Crippen molar-refractivity contribution in [3.63, 3.8) is 0 Å². The van der Waals surface area contributed by atoms with Crippen LogP contribution in [0.1, 0.15) is 48.8 Å². The zero-order chi connectivity index (χ0) is 23.3. The molecule has 1 amide bonds. The molecular weight excluding hydrogens is 434 g/mol. The fourth-order valence-corrected chi connectivity index (χ4v) is 4.95. The molecule has 0 radical (unpaired) electrons. The third-order valence-corrected chi connectivity index (χ3v) is 7.78. The van der Waals surface area contributed by atoms with Crippen LogP contribution in [0.4, 0.5) is 0 Å². The number of amides is 1. The van der Waals surface area contributed by atoms with E-state index in [4.69, 9.17) is 0 Å². The van der Waals surface area contributed by atoms with Crippen molar-refractivity contribution in [3.8, 4) is 0 Å². The molecule has 176 valence electrons. The van der Waals surface area contributed by atoms with Gasteiger partial charge in [0.1, 0.15) is 0 Å². The minimum atomic E-state index is -3.53. The standard InChI is InChI=1S/C26H33N3O3S/c1-2-33(31,32)28-26(30)13-12-20-8-10-21(11-9-20)19-29-16-14-23(15-17-29)27-25-18-24(25)22-6-4-3-5-7-22/h3-13,23-25,27H,2,14-19H2,1H3,(H,28,30)/t24-,25+/m0/s1. The lowest BCUT2D eigenvalue weighted by molar-refractivity contribution is -0.114. The van der Waals surface area contributed by atoms with E-state index in [1.54, 1.807) is 6.08 Å². The lowest BCUT2D eigenvalue weighted by Gasteiger charge is -2.32. The second-order valence-corrected chi connectivity index (χ2v) is 11.0. The predicted octanol–water partition coefficient (Wildman–Crippen LogP) is 3.28. The first-order valence-electron chi connectivity index (χ1n) is 11.8. The Bertz CT molecular complexity index is 1060. The van der Waals surface area contributed by atoms with E-state index >= 15 is 0 Å². The summed E-state index contributed by atoms with van der Waals surface area (Å²) in [5, 5.41) is 3.87. The van der Waals surface area contributed by atoms with Crippen LogP contribution in [-0.2, 0) is 21.4 Å². The summed E-state index contributed by atoms with van der Waals surface area (Å²) in [4.78, 5) is 14.2. The van der Waals surface area contributed by atoms with E-state index < -0.39 is 15.9 Å². The van der Waals surface area contributed by atoms with Crippen molar-refractivity contribution >= 4 is 22.0 Å². The summed E-state index contributed by atoms with van der Waals surface area (Å²) in [7, 11) is -3.53. The summed E-state index contributed by atoms with van der Waals surface area (Å²) in [5.74, 6) is -0.0683. The smallest absolute Gasteiger partial charge is 0.257 e. The normalized spacial score (nSPS) is 21.8. The van der Waals surface area contributed by atoms with Crippen molar-refractivity contribution in [2.45, 2.75) is 50.7 Å². The van der Waals surface area contributed by atoms with Crippen LogP contribution >= 0.6 is 0 Å². The Hall–Kier alpha value is -2.48. The molecule has 0 bridgehead atoms. The average Bonchev–Trinajstić information content (AvgIpc) is 3.59. The SMILES string of the molecule is CCS(=O)(=O)NC(=O)C=Cc1ccc(CN2CCC(N[C@@H]3C[C@H]3c3ccccc3)CC2)cc1. The lowest BCUT2D eigenvalue weighted by Crippen LogP contribution is -2.43. The van der Waals surface area contributed by atoms with Gasteiger partial charge in [-0.1, -0.05) is 54.6 Å². The van der Waals surface area contributed by atoms with Gasteiger partial charge in [0.2, 0.25) is 10.0 Å². The van der Waals surface area contributed by atoms with E-state index in [9.17, 15) is 13.2 Å². The number of carbonyl (C=O) groups is 1. The Morgan fingerprint density at radius 2 is 1.76 bits per heavy atom. The van der Waals surface area contributed by atoms with Crippen LogP contribution < -0.4 is 10.0 Å². The maximum atomic E-state index is 11.7. The monoisotopic (exact) mass is 467 g/mol. The summed E-state index contributed by atoms with van der Waals surface area (Å²) in [6, 6.07) is 20.1. The van der Waals surface area contributed by atoms with Crippen molar-refractivity contribution in [2.75, 3.05) is 18.8 Å². The second kappa shape index (κ2) is 10.6. The minimum absolute atomic E-state index is 0.122. The summed E-state index contributed by atoms with van der Waals surface area (Å²) in [6.07, 6.45) is 6.48. The Morgan fingerprint density at radius 3 is 2.42 bits per heavy atom. The Labute approximate surface area is 197 Å². The molecule has 2 aliphatic rings. The molecule has 1 aliphatic carbocycles. The molecule has 4 rings (SSSR count). The molecule has 2 N–H and O–H groups in total. The first kappa shape index (κ1) is 23.7. The van der Waals surface area contributed by atoms with Gasteiger partial charge >= 0.3 is 0 Å². The molecule has 2 aromatic rings. The largest absolute Gasteiger partial charge is 0.311 e. The van der Waals surface area contributed by atoms with Gasteiger partial charge in [0.15, 0.2) is 0 Å². The average molecular weight is 468 g/mol. The van der Waals surface area contributed by atoms with Crippen LogP contribution in [0.15, 0.2) is 60.7 Å². The van der Waals surface area contributed by atoms with Gasteiger partial charge in [0, 0.05) is 30.6 Å². The molecule has 1 aliphatic heterocycles. The third-order valence-electron chi connectivity index (χ3n) is 6.50. The molecule has 7 heteroatoms. The van der Waals surface area contributed by atoms with Gasteiger partial charge in [-0.2, -0.15) is 0 Å². The van der Waals surface area contributed by atoms with Crippen LogP contribution in [0.3, 0.4) is 0 Å². The van der Waals surface area contributed by atoms with Gasteiger partial charge < -0.3 is 5.32 Å². The van der Waals surface area contributed by atoms with Crippen LogP contribution in [0, 0.1) is 0 Å². The summed E-state index contributed by atoms with van der Waals surface area (Å²) < 4.78 is 24.9. The van der Waals surface area contributed by atoms with E-state index in [-0.39, 0.29) is 5.75 Å². The molecule has 0 aromatic heterocycles. The van der Waals surface area contributed by atoms with Crippen molar-refractivity contribution in [1.29, 1.82) is 0 Å². The highest BCUT2D eigenvalue weighted by atomic mass is 32.2. The zero-order valence-corrected chi connectivity index (χ0v) is 19.9. The van der Waals surface area contributed by atoms with E-state index in [1.165, 1.54) is 43.4 Å². The highest BCUT2D eigenvalue weighted by Gasteiger charge is 2.39. The quantitative estimate of drug-likeness (QED) is 0.554. The lowest BCUT2D eigenvalue weighted by atomic mass is 10.0. The Morgan fingerprint density at radius 1 is 1.06 bits per heavy atom. The highest BCUT2D eigenvalue weighted by molar-refractivity contribution is 7.90. The van der Waals surface area contributed by atoms with Crippen LogP contribution in [0.2, 0.25) is 0 Å². The maximum Gasteiger partial charge on any atom is 0.257 e. The number of nitrogens with one attached hydrogen (secondary N) is 2. The van der Waals surface area contributed by atoms with Crippen molar-refractivity contribution in [3.05, 3.63) is 77.4 Å². The van der Waals surface area contributed by atoms with Crippen molar-refractivity contribution in [2.24, 2.45) is 0 Å². The second-order valence-electron chi connectivity index (χ2n) is 9.02. The molecule has 33 heavy (non-hydrogen) atoms. The van der Waals surface area contributed by atoms with Crippen molar-refractivity contribution < 1.29 is 13.2 Å². The van der Waals surface area contributed by atoms with Crippen molar-refractivity contribution in [1.82, 2.24) is 14.9 Å². The number of carbonyl (C=O) groups excluding carboxylic acids is 1. The minimum Gasteiger partial charge on any atom is -0.311 e. The van der Waals surface area contributed by atoms with E-state index in [0.717, 1.165) is 25.2 Å². The summed E-state index contributed by atoms with van der Waals surface area (Å²) in [5.41, 5.74) is 3.56. The van der Waals surface area contributed by atoms with E-state index in [2.05, 4.69) is 52.7 Å². The molecule has 2 aromatic carbocycles. The zero-order valence-electron chi connectivity index (χ0n) is 19.1. The molecule has 1 heterocycles. The molecule has 0 spiro atoms. The highest BCUT2D eigenvalue weighted by Crippen LogP contribution is 2.41. The number of rotatable bonds is 9. The number of benzene rings is 2. The first-order chi connectivity index (χ1) is 15.9. The van der Waals surface area contributed by atoms with Gasteiger partial charge in [-0.05, 0) is 62.0 Å². The summed E-state index contributed by atoms with van der Waals surface area (Å²) >= 11 is 0. The third kappa shape index (κ3) is 7.00. The van der Waals surface area contributed by atoms with Crippen LogP contribution in [-0.4, -0.2) is 50.2 Å². The van der Waals surface area contributed by atoms with Gasteiger partial charge in [-0.25, -0.2) is 13.1 Å². The molecule has 6 nitrogen and oxygen atoms in total. The fourth-order valence-electron chi connectivity index (χ4n) is 4.43. The molecule has 1 saturated heterocycles. The molecule has 2 atom stereocenters. The van der Waals surface area contributed by atoms with Crippen LogP contribution in [0.5, 0.6) is 0 Å². The molecule has 0 unspecified atom stereocenters. The maximum absolute atomic E-state index is 11.7. The van der Waals surface area contributed by atoms with E-state index in [1.807, 2.05) is 16.9 Å². The summed E-state index contributed by atoms with van der Waals surface area (Å²) in [6.45, 7) is 4.59. The predicted molar refractivity (Wildman–Crippen MR) is 132 cm³/mol.